The first kappa shape index (κ1) is 18.8. The molecule has 0 saturated carbocycles. The molecule has 0 fully saturated rings. The fraction of sp³-hybridized carbons (Fsp3) is 0.167. The van der Waals surface area contributed by atoms with Crippen molar-refractivity contribution < 1.29 is 24.2 Å². The molecule has 1 aromatic carbocycles. The molecule has 0 atom stereocenters. The summed E-state index contributed by atoms with van der Waals surface area (Å²) in [5.74, 6) is -0.985. The molecule has 2 aromatic heterocycles. The Balaban J connectivity index is 0.000000352. The van der Waals surface area contributed by atoms with Gasteiger partial charge in [0.05, 0.1) is 18.4 Å². The quantitative estimate of drug-likeness (QED) is 0.614. The minimum atomic E-state index is -1.82. The van der Waals surface area contributed by atoms with Crippen LogP contribution in [0.15, 0.2) is 53.1 Å². The van der Waals surface area contributed by atoms with Gasteiger partial charge in [-0.3, -0.25) is 0 Å². The highest BCUT2D eigenvalue weighted by Gasteiger charge is 2.08. The van der Waals surface area contributed by atoms with E-state index in [-0.39, 0.29) is 0 Å². The number of hydrogen-bond donors (Lipinski definition) is 3. The van der Waals surface area contributed by atoms with E-state index in [0.29, 0.717) is 6.54 Å². The van der Waals surface area contributed by atoms with Gasteiger partial charge in [0.15, 0.2) is 0 Å². The first-order chi connectivity index (χ1) is 12.4. The fourth-order valence-electron chi connectivity index (χ4n) is 2.20. The lowest BCUT2D eigenvalue weighted by Crippen LogP contribution is -2.09. The number of anilines is 1. The van der Waals surface area contributed by atoms with Crippen LogP contribution in [0.3, 0.4) is 0 Å². The van der Waals surface area contributed by atoms with Gasteiger partial charge in [0, 0.05) is 7.05 Å². The molecule has 0 amide bonds. The number of nitrogens with zero attached hydrogens (tertiary/aromatic N) is 2. The van der Waals surface area contributed by atoms with E-state index in [2.05, 4.69) is 22.4 Å². The zero-order valence-electron chi connectivity index (χ0n) is 14.3. The largest absolute Gasteiger partial charge is 0.473 e. The summed E-state index contributed by atoms with van der Waals surface area (Å²) in [6.07, 6.45) is 1.88. The van der Waals surface area contributed by atoms with Crippen molar-refractivity contribution in [3.05, 3.63) is 60.2 Å². The van der Waals surface area contributed by atoms with E-state index in [0.717, 1.165) is 28.7 Å². The van der Waals surface area contributed by atoms with Gasteiger partial charge < -0.3 is 24.5 Å². The summed E-state index contributed by atoms with van der Waals surface area (Å²) in [5, 5.41) is 18.1. The third kappa shape index (κ3) is 4.97. The lowest BCUT2D eigenvalue weighted by Gasteiger charge is -2.07. The minimum absolute atomic E-state index is 0.632. The third-order valence-corrected chi connectivity index (χ3v) is 3.46. The van der Waals surface area contributed by atoms with Crippen LogP contribution >= 0.6 is 0 Å². The first-order valence-corrected chi connectivity index (χ1v) is 7.71. The highest BCUT2D eigenvalue weighted by atomic mass is 16.4. The van der Waals surface area contributed by atoms with Crippen LogP contribution in [0.5, 0.6) is 0 Å². The summed E-state index contributed by atoms with van der Waals surface area (Å²) >= 11 is 0. The summed E-state index contributed by atoms with van der Waals surface area (Å²) in [6.45, 7) is 2.57. The van der Waals surface area contributed by atoms with Gasteiger partial charge in [-0.1, -0.05) is 30.3 Å². The molecule has 0 aliphatic rings. The highest BCUT2D eigenvalue weighted by molar-refractivity contribution is 6.27. The van der Waals surface area contributed by atoms with E-state index in [1.54, 1.807) is 0 Å². The number of benzene rings is 1. The number of carbonyl (C=O) groups is 2. The number of nitrogens with one attached hydrogen (secondary N) is 1. The first-order valence-electron chi connectivity index (χ1n) is 7.71. The molecule has 0 saturated heterocycles. The number of aryl methyl sites for hydroxylation is 1. The molecule has 8 nitrogen and oxygen atoms in total. The summed E-state index contributed by atoms with van der Waals surface area (Å²) in [6, 6.07) is 14.2. The van der Waals surface area contributed by atoms with Gasteiger partial charge in [-0.05, 0) is 24.6 Å². The molecule has 26 heavy (non-hydrogen) atoms. The maximum absolute atomic E-state index is 9.10. The Morgan fingerprint density at radius 2 is 1.77 bits per heavy atom. The van der Waals surface area contributed by atoms with Crippen molar-refractivity contribution in [3.8, 4) is 11.3 Å². The normalized spacial score (nSPS) is 9.92. The molecule has 3 aromatic rings. The molecule has 0 spiro atoms. The average molecular weight is 357 g/mol. The van der Waals surface area contributed by atoms with Crippen LogP contribution in [0.1, 0.15) is 11.5 Å². The number of carboxylic acid groups (broad SMARTS) is 2. The topological polar surface area (TPSA) is 118 Å². The van der Waals surface area contributed by atoms with Crippen LogP contribution in [0.25, 0.3) is 11.3 Å². The molecule has 0 bridgehead atoms. The van der Waals surface area contributed by atoms with Crippen LogP contribution in [-0.4, -0.2) is 31.7 Å². The average Bonchev–Trinajstić information content (AvgIpc) is 3.20. The third-order valence-electron chi connectivity index (χ3n) is 3.46. The standard InChI is InChI=1S/C16H17N3O.C2H2O4/c1-12-8-9-14(20-12)10-17-16-18-11-15(19(16)2)13-6-4-3-5-7-13;3-1(4)2(5)6/h3-9,11H,10H2,1-2H3,(H,17,18);(H,3,4)(H,5,6). The smallest absolute Gasteiger partial charge is 0.414 e. The van der Waals surface area contributed by atoms with Gasteiger partial charge >= 0.3 is 11.9 Å². The maximum atomic E-state index is 9.10. The Labute approximate surface area is 149 Å². The summed E-state index contributed by atoms with van der Waals surface area (Å²) in [7, 11) is 2.01. The van der Waals surface area contributed by atoms with Gasteiger partial charge in [-0.25, -0.2) is 14.6 Å². The number of furan rings is 1. The number of aromatic nitrogens is 2. The number of imidazole rings is 1. The SMILES string of the molecule is Cc1ccc(CNc2ncc(-c3ccccc3)n2C)o1.O=C(O)C(=O)O. The Hall–Kier alpha value is -3.55. The second-order valence-corrected chi connectivity index (χ2v) is 5.37. The molecular formula is C18H19N3O5. The highest BCUT2D eigenvalue weighted by Crippen LogP contribution is 2.21. The molecule has 0 aliphatic carbocycles. The van der Waals surface area contributed by atoms with Crippen LogP contribution in [0, 0.1) is 6.92 Å². The van der Waals surface area contributed by atoms with Crippen molar-refractivity contribution in [3.63, 3.8) is 0 Å². The molecule has 0 radical (unpaired) electrons. The van der Waals surface area contributed by atoms with Crippen molar-refractivity contribution in [2.75, 3.05) is 5.32 Å². The van der Waals surface area contributed by atoms with E-state index in [1.165, 1.54) is 0 Å². The van der Waals surface area contributed by atoms with Gasteiger partial charge in [-0.15, -0.1) is 0 Å². The van der Waals surface area contributed by atoms with Crippen LogP contribution in [0.4, 0.5) is 5.95 Å². The lowest BCUT2D eigenvalue weighted by atomic mass is 10.2. The Kier molecular flexibility index (Phi) is 6.15. The monoisotopic (exact) mass is 357 g/mol. The summed E-state index contributed by atoms with van der Waals surface area (Å²) in [5.41, 5.74) is 2.24. The van der Waals surface area contributed by atoms with Gasteiger partial charge in [0.2, 0.25) is 5.95 Å². The van der Waals surface area contributed by atoms with Crippen molar-refractivity contribution >= 4 is 17.9 Å². The van der Waals surface area contributed by atoms with Crippen molar-refractivity contribution in [1.82, 2.24) is 9.55 Å². The van der Waals surface area contributed by atoms with Crippen molar-refractivity contribution in [2.45, 2.75) is 13.5 Å². The van der Waals surface area contributed by atoms with E-state index < -0.39 is 11.9 Å². The zero-order chi connectivity index (χ0) is 19.1. The molecule has 0 unspecified atom stereocenters. The molecule has 2 heterocycles. The Morgan fingerprint density at radius 3 is 2.31 bits per heavy atom. The van der Waals surface area contributed by atoms with Crippen molar-refractivity contribution in [2.24, 2.45) is 7.05 Å². The Bertz CT molecular complexity index is 871. The van der Waals surface area contributed by atoms with Crippen LogP contribution in [0.2, 0.25) is 0 Å². The molecule has 0 aliphatic heterocycles. The maximum Gasteiger partial charge on any atom is 0.414 e. The number of rotatable bonds is 4. The van der Waals surface area contributed by atoms with E-state index in [1.807, 2.05) is 55.1 Å². The molecule has 3 N–H and O–H groups in total. The summed E-state index contributed by atoms with van der Waals surface area (Å²) in [4.78, 5) is 22.6. The number of carboxylic acids is 2. The lowest BCUT2D eigenvalue weighted by molar-refractivity contribution is -0.159. The predicted molar refractivity (Wildman–Crippen MR) is 94.7 cm³/mol. The fourth-order valence-corrected chi connectivity index (χ4v) is 2.20. The minimum Gasteiger partial charge on any atom is -0.473 e. The molecule has 3 rings (SSSR count). The summed E-state index contributed by atoms with van der Waals surface area (Å²) < 4.78 is 7.58. The van der Waals surface area contributed by atoms with Crippen LogP contribution < -0.4 is 5.32 Å². The van der Waals surface area contributed by atoms with Gasteiger partial charge in [-0.2, -0.15) is 0 Å². The van der Waals surface area contributed by atoms with E-state index >= 15 is 0 Å². The molecule has 136 valence electrons. The van der Waals surface area contributed by atoms with Gasteiger partial charge in [0.25, 0.3) is 0 Å². The number of hydrogen-bond acceptors (Lipinski definition) is 5. The molecular weight excluding hydrogens is 338 g/mol. The van der Waals surface area contributed by atoms with Crippen molar-refractivity contribution in [1.29, 1.82) is 0 Å². The zero-order valence-corrected chi connectivity index (χ0v) is 14.3. The molecule has 8 heteroatoms. The van der Waals surface area contributed by atoms with Gasteiger partial charge in [0.1, 0.15) is 11.5 Å². The van der Waals surface area contributed by atoms with E-state index in [4.69, 9.17) is 24.2 Å². The number of aliphatic carboxylic acids is 2. The van der Waals surface area contributed by atoms with E-state index in [9.17, 15) is 0 Å². The Morgan fingerprint density at radius 1 is 1.12 bits per heavy atom. The van der Waals surface area contributed by atoms with Crippen LogP contribution in [-0.2, 0) is 23.2 Å². The second kappa shape index (κ2) is 8.52. The second-order valence-electron chi connectivity index (χ2n) is 5.37. The predicted octanol–water partition coefficient (Wildman–Crippen LogP) is 2.76.